The average molecular weight is 451 g/mol. The highest BCUT2D eigenvalue weighted by atomic mass is 32.1. The second-order valence-corrected chi connectivity index (χ2v) is 8.13. The molecule has 1 amide bonds. The maximum Gasteiger partial charge on any atom is 0.352 e. The van der Waals surface area contributed by atoms with Gasteiger partial charge in [0.2, 0.25) is 0 Å². The Hall–Kier alpha value is -3.78. The lowest BCUT2D eigenvalue weighted by molar-refractivity contribution is 0.0691. The molecule has 0 aliphatic carbocycles. The SMILES string of the molecule is COc1ccc(CNC(=O)c2scc(-c3ccc4[nH]c(C(=O)O)cc4c3)c2C)c(OC)c1. The van der Waals surface area contributed by atoms with Gasteiger partial charge in [0.05, 0.1) is 19.1 Å². The van der Waals surface area contributed by atoms with E-state index in [0.717, 1.165) is 33.2 Å². The molecule has 3 N–H and O–H groups in total. The number of amides is 1. The first-order chi connectivity index (χ1) is 15.4. The van der Waals surface area contributed by atoms with Crippen LogP contribution < -0.4 is 14.8 Å². The summed E-state index contributed by atoms with van der Waals surface area (Å²) in [5, 5.41) is 14.9. The number of aromatic amines is 1. The Morgan fingerprint density at radius 2 is 1.91 bits per heavy atom. The van der Waals surface area contributed by atoms with Crippen LogP contribution in [-0.4, -0.2) is 36.2 Å². The van der Waals surface area contributed by atoms with Gasteiger partial charge in [-0.2, -0.15) is 0 Å². The first-order valence-corrected chi connectivity index (χ1v) is 10.7. The maximum absolute atomic E-state index is 12.9. The first-order valence-electron chi connectivity index (χ1n) is 9.85. The number of benzene rings is 2. The molecule has 164 valence electrons. The highest BCUT2D eigenvalue weighted by molar-refractivity contribution is 7.12. The Morgan fingerprint density at radius 3 is 2.62 bits per heavy atom. The number of carbonyl (C=O) groups excluding carboxylic acids is 1. The minimum atomic E-state index is -0.998. The standard InChI is InChI=1S/C24H22N2O5S/c1-13-18(14-5-7-19-16(8-14)9-20(26-19)24(28)29)12-32-22(13)23(27)25-11-15-4-6-17(30-2)10-21(15)31-3/h4-10,12,26H,11H2,1-3H3,(H,25,27)(H,28,29). The van der Waals surface area contributed by atoms with E-state index < -0.39 is 5.97 Å². The number of nitrogens with one attached hydrogen (secondary N) is 2. The van der Waals surface area contributed by atoms with Crippen LogP contribution in [0.5, 0.6) is 11.5 Å². The molecule has 0 saturated heterocycles. The van der Waals surface area contributed by atoms with Gasteiger partial charge in [-0.15, -0.1) is 11.3 Å². The van der Waals surface area contributed by atoms with Crippen molar-refractivity contribution in [3.05, 3.63) is 69.5 Å². The molecular formula is C24H22N2O5S. The fourth-order valence-electron chi connectivity index (χ4n) is 3.59. The van der Waals surface area contributed by atoms with Gasteiger partial charge >= 0.3 is 5.97 Å². The third-order valence-corrected chi connectivity index (χ3v) is 6.42. The maximum atomic E-state index is 12.9. The zero-order chi connectivity index (χ0) is 22.8. The van der Waals surface area contributed by atoms with Crippen molar-refractivity contribution in [3.63, 3.8) is 0 Å². The van der Waals surface area contributed by atoms with E-state index in [4.69, 9.17) is 9.47 Å². The zero-order valence-electron chi connectivity index (χ0n) is 17.8. The second kappa shape index (κ2) is 8.76. The Labute approximate surface area is 188 Å². The number of aromatic carboxylic acids is 1. The van der Waals surface area contributed by atoms with Crippen molar-refractivity contribution >= 4 is 34.1 Å². The van der Waals surface area contributed by atoms with Crippen molar-refractivity contribution in [1.29, 1.82) is 0 Å². The predicted molar refractivity (Wildman–Crippen MR) is 124 cm³/mol. The molecule has 0 saturated carbocycles. The van der Waals surface area contributed by atoms with Crippen molar-refractivity contribution in [1.82, 2.24) is 10.3 Å². The molecule has 32 heavy (non-hydrogen) atoms. The van der Waals surface area contributed by atoms with Crippen LogP contribution in [-0.2, 0) is 6.54 Å². The lowest BCUT2D eigenvalue weighted by atomic mass is 10.0. The number of methoxy groups -OCH3 is 2. The Balaban J connectivity index is 1.54. The lowest BCUT2D eigenvalue weighted by Crippen LogP contribution is -2.22. The fourth-order valence-corrected chi connectivity index (χ4v) is 4.61. The third-order valence-electron chi connectivity index (χ3n) is 5.34. The van der Waals surface area contributed by atoms with Gasteiger partial charge < -0.3 is 24.9 Å². The topological polar surface area (TPSA) is 101 Å². The quantitative estimate of drug-likeness (QED) is 0.374. The van der Waals surface area contributed by atoms with Crippen molar-refractivity contribution in [2.75, 3.05) is 14.2 Å². The number of hydrogen-bond acceptors (Lipinski definition) is 5. The van der Waals surface area contributed by atoms with Gasteiger partial charge in [-0.1, -0.05) is 6.07 Å². The van der Waals surface area contributed by atoms with E-state index in [9.17, 15) is 14.7 Å². The summed E-state index contributed by atoms with van der Waals surface area (Å²) in [6.07, 6.45) is 0. The Morgan fingerprint density at radius 1 is 1.09 bits per heavy atom. The van der Waals surface area contributed by atoms with Crippen molar-refractivity contribution in [2.45, 2.75) is 13.5 Å². The molecular weight excluding hydrogens is 428 g/mol. The van der Waals surface area contributed by atoms with Crippen molar-refractivity contribution < 1.29 is 24.2 Å². The number of hydrogen-bond donors (Lipinski definition) is 3. The number of rotatable bonds is 7. The molecule has 4 rings (SSSR count). The van der Waals surface area contributed by atoms with E-state index in [1.807, 2.05) is 42.6 Å². The van der Waals surface area contributed by atoms with Gasteiger partial charge in [0, 0.05) is 29.1 Å². The third kappa shape index (κ3) is 4.04. The summed E-state index contributed by atoms with van der Waals surface area (Å²) in [5.74, 6) is 0.175. The van der Waals surface area contributed by atoms with Gasteiger partial charge in [0.15, 0.2) is 0 Å². The van der Waals surface area contributed by atoms with Crippen LogP contribution in [0.1, 0.15) is 31.3 Å². The highest BCUT2D eigenvalue weighted by Gasteiger charge is 2.17. The number of carbonyl (C=O) groups is 2. The molecule has 0 bridgehead atoms. The zero-order valence-corrected chi connectivity index (χ0v) is 18.6. The summed E-state index contributed by atoms with van der Waals surface area (Å²) in [7, 11) is 3.17. The molecule has 0 atom stereocenters. The number of thiophene rings is 1. The molecule has 7 nitrogen and oxygen atoms in total. The van der Waals surface area contributed by atoms with Gasteiger partial charge in [0.25, 0.3) is 5.91 Å². The number of ether oxygens (including phenoxy) is 2. The minimum Gasteiger partial charge on any atom is -0.497 e. The predicted octanol–water partition coefficient (Wildman–Crippen LogP) is 4.85. The van der Waals surface area contributed by atoms with Crippen LogP contribution in [0.25, 0.3) is 22.0 Å². The van der Waals surface area contributed by atoms with Gasteiger partial charge in [-0.25, -0.2) is 4.79 Å². The number of aromatic nitrogens is 1. The highest BCUT2D eigenvalue weighted by Crippen LogP contribution is 2.33. The summed E-state index contributed by atoms with van der Waals surface area (Å²) in [6, 6.07) is 12.8. The summed E-state index contributed by atoms with van der Waals surface area (Å²) >= 11 is 1.38. The van der Waals surface area contributed by atoms with Crippen LogP contribution in [0.15, 0.2) is 47.8 Å². The number of carboxylic acids is 1. The molecule has 2 heterocycles. The van der Waals surface area contributed by atoms with Gasteiger partial charge in [-0.3, -0.25) is 4.79 Å². The first kappa shape index (κ1) is 21.5. The van der Waals surface area contributed by atoms with Gasteiger partial charge in [-0.05, 0) is 59.3 Å². The molecule has 8 heteroatoms. The number of H-pyrrole nitrogens is 1. The molecule has 4 aromatic rings. The molecule has 0 aliphatic heterocycles. The fraction of sp³-hybridized carbons (Fsp3) is 0.167. The summed E-state index contributed by atoms with van der Waals surface area (Å²) in [4.78, 5) is 27.6. The largest absolute Gasteiger partial charge is 0.497 e. The normalized spacial score (nSPS) is 10.8. The van der Waals surface area contributed by atoms with Crippen LogP contribution in [0.3, 0.4) is 0 Å². The van der Waals surface area contributed by atoms with Crippen LogP contribution in [0, 0.1) is 6.92 Å². The molecule has 0 spiro atoms. The Kier molecular flexibility index (Phi) is 5.87. The lowest BCUT2D eigenvalue weighted by Gasteiger charge is -2.11. The molecule has 0 fully saturated rings. The second-order valence-electron chi connectivity index (χ2n) is 7.25. The van der Waals surface area contributed by atoms with E-state index >= 15 is 0 Å². The minimum absolute atomic E-state index is 0.146. The van der Waals surface area contributed by atoms with E-state index in [1.165, 1.54) is 11.3 Å². The smallest absolute Gasteiger partial charge is 0.352 e. The monoisotopic (exact) mass is 450 g/mol. The van der Waals surface area contributed by atoms with Crippen molar-refractivity contribution in [3.8, 4) is 22.6 Å². The molecule has 0 unspecified atom stereocenters. The Bertz CT molecular complexity index is 1320. The molecule has 0 aliphatic rings. The summed E-state index contributed by atoms with van der Waals surface area (Å²) in [6.45, 7) is 2.24. The van der Waals surface area contributed by atoms with E-state index in [0.29, 0.717) is 22.9 Å². The van der Waals surface area contributed by atoms with E-state index in [2.05, 4.69) is 10.3 Å². The molecule has 0 radical (unpaired) electrons. The van der Waals surface area contributed by atoms with Crippen molar-refractivity contribution in [2.24, 2.45) is 0 Å². The summed E-state index contributed by atoms with van der Waals surface area (Å²) in [5.41, 5.74) is 4.50. The average Bonchev–Trinajstić information content (AvgIpc) is 3.40. The van der Waals surface area contributed by atoms with Crippen LogP contribution >= 0.6 is 11.3 Å². The van der Waals surface area contributed by atoms with E-state index in [1.54, 1.807) is 26.4 Å². The number of carboxylic acid groups (broad SMARTS) is 1. The molecule has 2 aromatic heterocycles. The van der Waals surface area contributed by atoms with Crippen LogP contribution in [0.4, 0.5) is 0 Å². The summed E-state index contributed by atoms with van der Waals surface area (Å²) < 4.78 is 10.6. The number of fused-ring (bicyclic) bond motifs is 1. The van der Waals surface area contributed by atoms with Gasteiger partial charge in [0.1, 0.15) is 17.2 Å². The molecule has 2 aromatic carbocycles. The van der Waals surface area contributed by atoms with E-state index in [-0.39, 0.29) is 11.6 Å². The van der Waals surface area contributed by atoms with Crippen LogP contribution in [0.2, 0.25) is 0 Å².